The first-order chi connectivity index (χ1) is 9.86. The second-order valence-electron chi connectivity index (χ2n) is 5.15. The topological polar surface area (TPSA) is 65.7 Å². The maximum Gasteiger partial charge on any atom is 0.347 e. The quantitative estimate of drug-likeness (QED) is 0.640. The molecule has 1 aromatic heterocycles. The summed E-state index contributed by atoms with van der Waals surface area (Å²) in [5.74, 6) is 0.0141. The average molecular weight is 290 g/mol. The Hall–Kier alpha value is -2.30. The lowest BCUT2D eigenvalue weighted by molar-refractivity contribution is -0.154. The fraction of sp³-hybridized carbons (Fsp3) is 0.375. The van der Waals surface area contributed by atoms with Gasteiger partial charge in [-0.1, -0.05) is 0 Å². The van der Waals surface area contributed by atoms with Gasteiger partial charge < -0.3 is 13.9 Å². The summed E-state index contributed by atoms with van der Waals surface area (Å²) in [5, 5.41) is 0.833. The number of aryl methyl sites for hydroxylation is 1. The molecule has 0 bridgehead atoms. The van der Waals surface area contributed by atoms with Crippen molar-refractivity contribution in [2.24, 2.45) is 0 Å². The van der Waals surface area contributed by atoms with Crippen LogP contribution in [-0.4, -0.2) is 18.2 Å². The molecule has 5 heteroatoms. The van der Waals surface area contributed by atoms with Gasteiger partial charge in [-0.3, -0.25) is 0 Å². The summed E-state index contributed by atoms with van der Waals surface area (Å²) in [4.78, 5) is 23.1. The zero-order chi connectivity index (χ0) is 15.6. The fourth-order valence-corrected chi connectivity index (χ4v) is 1.96. The third-order valence-corrected chi connectivity index (χ3v) is 2.92. The number of fused-ring (bicyclic) bond motifs is 1. The van der Waals surface area contributed by atoms with E-state index in [1.807, 2.05) is 6.92 Å². The monoisotopic (exact) mass is 290 g/mol. The van der Waals surface area contributed by atoms with Crippen LogP contribution in [0.4, 0.5) is 0 Å². The zero-order valence-electron chi connectivity index (χ0n) is 12.5. The fourth-order valence-electron chi connectivity index (χ4n) is 1.96. The van der Waals surface area contributed by atoms with E-state index in [1.54, 1.807) is 39.0 Å². The molecule has 0 spiro atoms. The summed E-state index contributed by atoms with van der Waals surface area (Å²) in [6, 6.07) is 6.56. The molecule has 0 aliphatic carbocycles. The van der Waals surface area contributed by atoms with Crippen molar-refractivity contribution in [2.45, 2.75) is 39.9 Å². The molecule has 0 amide bonds. The van der Waals surface area contributed by atoms with Crippen LogP contribution in [0.3, 0.4) is 0 Å². The number of hydrogen-bond donors (Lipinski definition) is 0. The van der Waals surface area contributed by atoms with Gasteiger partial charge in [0.05, 0.1) is 6.10 Å². The van der Waals surface area contributed by atoms with Crippen LogP contribution in [0.25, 0.3) is 11.0 Å². The van der Waals surface area contributed by atoms with Crippen molar-refractivity contribution in [3.63, 3.8) is 0 Å². The largest absolute Gasteiger partial charge is 0.479 e. The highest BCUT2D eigenvalue weighted by Crippen LogP contribution is 2.23. The predicted octanol–water partition coefficient (Wildman–Crippen LogP) is 2.82. The Kier molecular flexibility index (Phi) is 4.31. The van der Waals surface area contributed by atoms with Crippen LogP contribution < -0.4 is 10.4 Å². The number of carbonyl (C=O) groups excluding carboxylic acids is 1. The molecule has 0 N–H and O–H groups in total. The minimum Gasteiger partial charge on any atom is -0.479 e. The maximum atomic E-state index is 11.7. The molecule has 0 aliphatic heterocycles. The van der Waals surface area contributed by atoms with Crippen LogP contribution in [0, 0.1) is 6.92 Å². The molecule has 2 rings (SSSR count). The van der Waals surface area contributed by atoms with Crippen molar-refractivity contribution in [1.29, 1.82) is 0 Å². The van der Waals surface area contributed by atoms with E-state index in [0.717, 1.165) is 10.9 Å². The normalized spacial score (nSPS) is 12.4. The molecule has 0 saturated carbocycles. The Bertz CT molecular complexity index is 714. The van der Waals surface area contributed by atoms with Gasteiger partial charge in [-0.05, 0) is 45.4 Å². The first kappa shape index (κ1) is 15.1. The van der Waals surface area contributed by atoms with Gasteiger partial charge in [-0.25, -0.2) is 9.59 Å². The van der Waals surface area contributed by atoms with Crippen molar-refractivity contribution in [1.82, 2.24) is 0 Å². The van der Waals surface area contributed by atoms with Gasteiger partial charge in [0, 0.05) is 17.5 Å². The van der Waals surface area contributed by atoms with E-state index in [-0.39, 0.29) is 6.10 Å². The van der Waals surface area contributed by atoms with E-state index < -0.39 is 17.7 Å². The van der Waals surface area contributed by atoms with Gasteiger partial charge in [0.2, 0.25) is 0 Å². The molecule has 1 aromatic carbocycles. The molecular weight excluding hydrogens is 272 g/mol. The van der Waals surface area contributed by atoms with Crippen molar-refractivity contribution in [3.05, 3.63) is 40.2 Å². The van der Waals surface area contributed by atoms with Crippen LogP contribution in [0.5, 0.6) is 5.75 Å². The molecule has 21 heavy (non-hydrogen) atoms. The minimum atomic E-state index is -0.735. The Morgan fingerprint density at radius 1 is 1.19 bits per heavy atom. The van der Waals surface area contributed by atoms with Gasteiger partial charge in [0.25, 0.3) is 0 Å². The summed E-state index contributed by atoms with van der Waals surface area (Å²) >= 11 is 0. The van der Waals surface area contributed by atoms with Gasteiger partial charge >= 0.3 is 11.6 Å². The standard InChI is InChI=1S/C16H18O5/c1-9(2)19-16(18)11(4)20-12-5-6-13-10(3)7-15(17)21-14(13)8-12/h5-9,11H,1-4H3/t11-/m0/s1. The van der Waals surface area contributed by atoms with Crippen molar-refractivity contribution < 1.29 is 18.7 Å². The van der Waals surface area contributed by atoms with E-state index in [2.05, 4.69) is 0 Å². The van der Waals surface area contributed by atoms with Crippen molar-refractivity contribution in [3.8, 4) is 5.75 Å². The number of esters is 1. The second-order valence-corrected chi connectivity index (χ2v) is 5.15. The Balaban J connectivity index is 2.23. The average Bonchev–Trinajstić information content (AvgIpc) is 2.37. The summed E-state index contributed by atoms with van der Waals surface area (Å²) < 4.78 is 15.7. The van der Waals surface area contributed by atoms with Crippen LogP contribution in [0.1, 0.15) is 26.3 Å². The molecule has 1 atom stereocenters. The second kappa shape index (κ2) is 5.99. The Labute approximate surface area is 122 Å². The molecular formula is C16H18O5. The number of rotatable bonds is 4. The highest BCUT2D eigenvalue weighted by molar-refractivity contribution is 5.81. The van der Waals surface area contributed by atoms with E-state index in [1.165, 1.54) is 6.07 Å². The van der Waals surface area contributed by atoms with Gasteiger partial charge in [-0.2, -0.15) is 0 Å². The minimum absolute atomic E-state index is 0.194. The maximum absolute atomic E-state index is 11.7. The highest BCUT2D eigenvalue weighted by atomic mass is 16.6. The summed E-state index contributed by atoms with van der Waals surface area (Å²) in [7, 11) is 0. The molecule has 0 radical (unpaired) electrons. The SMILES string of the molecule is Cc1cc(=O)oc2cc(O[C@@H](C)C(=O)OC(C)C)ccc12. The van der Waals surface area contributed by atoms with Gasteiger partial charge in [0.15, 0.2) is 6.10 Å². The molecule has 2 aromatic rings. The van der Waals surface area contributed by atoms with Crippen LogP contribution >= 0.6 is 0 Å². The van der Waals surface area contributed by atoms with E-state index in [4.69, 9.17) is 13.9 Å². The number of ether oxygens (including phenoxy) is 2. The van der Waals surface area contributed by atoms with E-state index >= 15 is 0 Å². The first-order valence-electron chi connectivity index (χ1n) is 6.78. The molecule has 0 fully saturated rings. The lowest BCUT2D eigenvalue weighted by Crippen LogP contribution is -2.28. The first-order valence-corrected chi connectivity index (χ1v) is 6.78. The molecule has 1 heterocycles. The van der Waals surface area contributed by atoms with Crippen molar-refractivity contribution in [2.75, 3.05) is 0 Å². The summed E-state index contributed by atoms with van der Waals surface area (Å²) in [6.45, 7) is 7.00. The van der Waals surface area contributed by atoms with Crippen LogP contribution in [-0.2, 0) is 9.53 Å². The van der Waals surface area contributed by atoms with E-state index in [9.17, 15) is 9.59 Å². The lowest BCUT2D eigenvalue weighted by atomic mass is 10.1. The number of carbonyl (C=O) groups is 1. The van der Waals surface area contributed by atoms with Gasteiger partial charge in [0.1, 0.15) is 11.3 Å². The smallest absolute Gasteiger partial charge is 0.347 e. The predicted molar refractivity (Wildman–Crippen MR) is 78.5 cm³/mol. The number of benzene rings is 1. The summed E-state index contributed by atoms with van der Waals surface area (Å²) in [5.41, 5.74) is 0.853. The van der Waals surface area contributed by atoms with E-state index in [0.29, 0.717) is 11.3 Å². The molecule has 0 aliphatic rings. The molecule has 0 saturated heterocycles. The Morgan fingerprint density at radius 2 is 1.90 bits per heavy atom. The van der Waals surface area contributed by atoms with Crippen LogP contribution in [0.2, 0.25) is 0 Å². The molecule has 0 unspecified atom stereocenters. The molecule has 112 valence electrons. The zero-order valence-corrected chi connectivity index (χ0v) is 12.5. The van der Waals surface area contributed by atoms with Gasteiger partial charge in [-0.15, -0.1) is 0 Å². The number of hydrogen-bond acceptors (Lipinski definition) is 5. The Morgan fingerprint density at radius 3 is 2.57 bits per heavy atom. The van der Waals surface area contributed by atoms with Crippen molar-refractivity contribution >= 4 is 16.9 Å². The van der Waals surface area contributed by atoms with Crippen LogP contribution in [0.15, 0.2) is 33.5 Å². The lowest BCUT2D eigenvalue weighted by Gasteiger charge is -2.16. The molecule has 5 nitrogen and oxygen atoms in total. The highest BCUT2D eigenvalue weighted by Gasteiger charge is 2.18. The summed E-state index contributed by atoms with van der Waals surface area (Å²) in [6.07, 6.45) is -0.929. The third kappa shape index (κ3) is 3.62. The third-order valence-electron chi connectivity index (χ3n) is 2.92.